The van der Waals surface area contributed by atoms with Gasteiger partial charge in [0.1, 0.15) is 0 Å². The van der Waals surface area contributed by atoms with E-state index >= 15 is 0 Å². The van der Waals surface area contributed by atoms with Gasteiger partial charge in [0.2, 0.25) is 0 Å². The Morgan fingerprint density at radius 3 is 2.38 bits per heavy atom. The van der Waals surface area contributed by atoms with E-state index < -0.39 is 0 Å². The Kier molecular flexibility index (Phi) is 5.27. The second-order valence-electron chi connectivity index (χ2n) is 5.66. The van der Waals surface area contributed by atoms with Crippen LogP contribution in [0.15, 0.2) is 36.4 Å². The molecule has 3 rings (SSSR count). The topological polar surface area (TPSA) is 61.4 Å². The van der Waals surface area contributed by atoms with Gasteiger partial charge in [-0.15, -0.1) is 10.2 Å². The zero-order valence-corrected chi connectivity index (χ0v) is 14.3. The van der Waals surface area contributed by atoms with Crippen molar-refractivity contribution in [3.05, 3.63) is 47.1 Å². The van der Waals surface area contributed by atoms with Crippen LogP contribution >= 0.6 is 11.6 Å². The smallest absolute Gasteiger partial charge is 0.276 e. The van der Waals surface area contributed by atoms with E-state index in [1.807, 2.05) is 6.07 Å². The molecule has 1 amide bonds. The normalized spacial score (nSPS) is 15.3. The molecule has 1 N–H and O–H groups in total. The predicted octanol–water partition coefficient (Wildman–Crippen LogP) is 2.52. The fraction of sp³-hybridized carbons (Fsp3) is 0.353. The van der Waals surface area contributed by atoms with Crippen molar-refractivity contribution in [1.29, 1.82) is 0 Å². The van der Waals surface area contributed by atoms with Gasteiger partial charge >= 0.3 is 0 Å². The summed E-state index contributed by atoms with van der Waals surface area (Å²) in [6.45, 7) is 7.15. The number of piperazine rings is 1. The fourth-order valence-electron chi connectivity index (χ4n) is 2.64. The van der Waals surface area contributed by atoms with E-state index in [2.05, 4.69) is 32.2 Å². The first-order valence-electron chi connectivity index (χ1n) is 8.03. The van der Waals surface area contributed by atoms with E-state index in [9.17, 15) is 4.79 Å². The number of hydrogen-bond donors (Lipinski definition) is 1. The van der Waals surface area contributed by atoms with Gasteiger partial charge in [0, 0.05) is 36.9 Å². The third-order valence-corrected chi connectivity index (χ3v) is 4.38. The van der Waals surface area contributed by atoms with Crippen LogP contribution in [-0.2, 0) is 0 Å². The molecule has 1 aromatic heterocycles. The molecule has 1 aliphatic heterocycles. The Morgan fingerprint density at radius 1 is 1.08 bits per heavy atom. The van der Waals surface area contributed by atoms with Gasteiger partial charge in [0.05, 0.1) is 0 Å². The van der Waals surface area contributed by atoms with Gasteiger partial charge in [0.15, 0.2) is 11.5 Å². The lowest BCUT2D eigenvalue weighted by atomic mass is 10.3. The average molecular weight is 346 g/mol. The monoisotopic (exact) mass is 345 g/mol. The Labute approximate surface area is 146 Å². The van der Waals surface area contributed by atoms with Crippen LogP contribution in [0.5, 0.6) is 0 Å². The lowest BCUT2D eigenvalue weighted by molar-refractivity contribution is 0.102. The van der Waals surface area contributed by atoms with Gasteiger partial charge in [-0.25, -0.2) is 0 Å². The standard InChI is InChI=1S/C17H20ClN5O/c1-2-22-9-11-23(12-10-22)16-8-7-15(20-21-16)17(24)19-14-5-3-13(18)4-6-14/h3-8H,2,9-12H2,1H3,(H,19,24). The van der Waals surface area contributed by atoms with Crippen LogP contribution in [0.2, 0.25) is 5.02 Å². The summed E-state index contributed by atoms with van der Waals surface area (Å²) in [6, 6.07) is 10.5. The second-order valence-corrected chi connectivity index (χ2v) is 6.10. The first kappa shape index (κ1) is 16.7. The van der Waals surface area contributed by atoms with E-state index in [1.165, 1.54) is 0 Å². The molecule has 126 valence electrons. The molecule has 0 spiro atoms. The molecule has 0 aliphatic carbocycles. The first-order chi connectivity index (χ1) is 11.7. The number of carbonyl (C=O) groups is 1. The summed E-state index contributed by atoms with van der Waals surface area (Å²) in [6.07, 6.45) is 0. The van der Waals surface area contributed by atoms with Gasteiger partial charge in [-0.3, -0.25) is 4.79 Å². The van der Waals surface area contributed by atoms with E-state index in [4.69, 9.17) is 11.6 Å². The van der Waals surface area contributed by atoms with Gasteiger partial charge in [-0.2, -0.15) is 0 Å². The largest absolute Gasteiger partial charge is 0.353 e. The Bertz CT molecular complexity index is 681. The number of hydrogen-bond acceptors (Lipinski definition) is 5. The van der Waals surface area contributed by atoms with Crippen molar-refractivity contribution in [2.75, 3.05) is 42.9 Å². The highest BCUT2D eigenvalue weighted by Gasteiger charge is 2.17. The average Bonchev–Trinajstić information content (AvgIpc) is 2.64. The molecule has 2 aromatic rings. The summed E-state index contributed by atoms with van der Waals surface area (Å²) in [5.41, 5.74) is 0.965. The number of benzene rings is 1. The zero-order chi connectivity index (χ0) is 16.9. The molecule has 1 saturated heterocycles. The summed E-state index contributed by atoms with van der Waals surface area (Å²) in [7, 11) is 0. The summed E-state index contributed by atoms with van der Waals surface area (Å²) in [5, 5.41) is 11.7. The number of anilines is 2. The van der Waals surface area contributed by atoms with Crippen molar-refractivity contribution in [2.45, 2.75) is 6.92 Å². The number of aromatic nitrogens is 2. The number of amides is 1. The fourth-order valence-corrected chi connectivity index (χ4v) is 2.76. The quantitative estimate of drug-likeness (QED) is 0.922. The maximum absolute atomic E-state index is 12.2. The van der Waals surface area contributed by atoms with Crippen molar-refractivity contribution in [1.82, 2.24) is 15.1 Å². The SMILES string of the molecule is CCN1CCN(c2ccc(C(=O)Nc3ccc(Cl)cc3)nn2)CC1. The first-order valence-corrected chi connectivity index (χ1v) is 8.41. The number of nitrogens with one attached hydrogen (secondary N) is 1. The Hall–Kier alpha value is -2.18. The van der Waals surface area contributed by atoms with E-state index in [1.54, 1.807) is 30.3 Å². The minimum atomic E-state index is -0.285. The molecule has 0 radical (unpaired) electrons. The number of likely N-dealkylation sites (N-methyl/N-ethyl adjacent to an activating group) is 1. The number of halogens is 1. The van der Waals surface area contributed by atoms with Crippen LogP contribution in [0.1, 0.15) is 17.4 Å². The molecule has 0 bridgehead atoms. The Balaban J connectivity index is 1.61. The van der Waals surface area contributed by atoms with Crippen LogP contribution in [0.4, 0.5) is 11.5 Å². The zero-order valence-electron chi connectivity index (χ0n) is 13.6. The van der Waals surface area contributed by atoms with Gasteiger partial charge in [0.25, 0.3) is 5.91 Å². The predicted molar refractivity (Wildman–Crippen MR) is 95.8 cm³/mol. The van der Waals surface area contributed by atoms with E-state index in [0.717, 1.165) is 38.5 Å². The molecule has 1 aromatic carbocycles. The molecule has 6 nitrogen and oxygen atoms in total. The van der Waals surface area contributed by atoms with Crippen LogP contribution in [0.25, 0.3) is 0 Å². The van der Waals surface area contributed by atoms with Crippen molar-refractivity contribution >= 4 is 29.0 Å². The molecule has 2 heterocycles. The molecule has 24 heavy (non-hydrogen) atoms. The maximum atomic E-state index is 12.2. The van der Waals surface area contributed by atoms with Crippen molar-refractivity contribution in [3.63, 3.8) is 0 Å². The maximum Gasteiger partial charge on any atom is 0.276 e. The Morgan fingerprint density at radius 2 is 1.79 bits per heavy atom. The highest BCUT2D eigenvalue weighted by molar-refractivity contribution is 6.30. The summed E-state index contributed by atoms with van der Waals surface area (Å²) < 4.78 is 0. The number of nitrogens with zero attached hydrogens (tertiary/aromatic N) is 4. The minimum absolute atomic E-state index is 0.285. The molecule has 1 aliphatic rings. The summed E-state index contributed by atoms with van der Waals surface area (Å²) in [5.74, 6) is 0.529. The van der Waals surface area contributed by atoms with Crippen molar-refractivity contribution in [3.8, 4) is 0 Å². The lowest BCUT2D eigenvalue weighted by Gasteiger charge is -2.34. The molecule has 1 fully saturated rings. The molecule has 0 atom stereocenters. The third kappa shape index (κ3) is 4.01. The molecule has 0 unspecified atom stereocenters. The lowest BCUT2D eigenvalue weighted by Crippen LogP contribution is -2.46. The second kappa shape index (κ2) is 7.59. The van der Waals surface area contributed by atoms with Crippen LogP contribution in [0, 0.1) is 0 Å². The molecule has 7 heteroatoms. The van der Waals surface area contributed by atoms with Gasteiger partial charge < -0.3 is 15.1 Å². The van der Waals surface area contributed by atoms with Crippen molar-refractivity contribution in [2.24, 2.45) is 0 Å². The number of rotatable bonds is 4. The van der Waals surface area contributed by atoms with Crippen LogP contribution in [-0.4, -0.2) is 53.7 Å². The number of carbonyl (C=O) groups excluding carboxylic acids is 1. The van der Waals surface area contributed by atoms with Crippen LogP contribution in [0.3, 0.4) is 0 Å². The van der Waals surface area contributed by atoms with E-state index in [-0.39, 0.29) is 5.91 Å². The molecular formula is C17H20ClN5O. The molecular weight excluding hydrogens is 326 g/mol. The van der Waals surface area contributed by atoms with Gasteiger partial charge in [-0.1, -0.05) is 18.5 Å². The highest BCUT2D eigenvalue weighted by Crippen LogP contribution is 2.15. The molecule has 0 saturated carbocycles. The third-order valence-electron chi connectivity index (χ3n) is 4.13. The summed E-state index contributed by atoms with van der Waals surface area (Å²) in [4.78, 5) is 16.8. The van der Waals surface area contributed by atoms with Crippen LogP contribution < -0.4 is 10.2 Å². The highest BCUT2D eigenvalue weighted by atomic mass is 35.5. The minimum Gasteiger partial charge on any atom is -0.353 e. The van der Waals surface area contributed by atoms with Crippen molar-refractivity contribution < 1.29 is 4.79 Å². The summed E-state index contributed by atoms with van der Waals surface area (Å²) >= 11 is 5.83. The van der Waals surface area contributed by atoms with Gasteiger partial charge in [-0.05, 0) is 42.9 Å². The van der Waals surface area contributed by atoms with E-state index in [0.29, 0.717) is 16.4 Å².